The van der Waals surface area contributed by atoms with Gasteiger partial charge in [-0.1, -0.05) is 32.4 Å². The molecule has 0 saturated heterocycles. The van der Waals surface area contributed by atoms with E-state index in [0.29, 0.717) is 0 Å². The Morgan fingerprint density at radius 3 is 2.18 bits per heavy atom. The minimum absolute atomic E-state index is 0.261. The molecule has 1 aromatic rings. The zero-order chi connectivity index (χ0) is 12.7. The number of ether oxygens (including phenoxy) is 2. The third-order valence-electron chi connectivity index (χ3n) is 2.81. The smallest absolute Gasteiger partial charge is 0.183 e. The number of rotatable bonds is 7. The minimum atomic E-state index is -0.261. The molecule has 0 radical (unpaired) electrons. The molecule has 1 atom stereocenters. The van der Waals surface area contributed by atoms with Crippen LogP contribution < -0.4 is 0 Å². The largest absolute Gasteiger partial charge is 0.352 e. The lowest BCUT2D eigenvalue weighted by atomic mass is 10.2. The maximum atomic E-state index is 5.21. The van der Waals surface area contributed by atoms with Gasteiger partial charge in [-0.2, -0.15) is 0 Å². The van der Waals surface area contributed by atoms with E-state index in [9.17, 15) is 0 Å². The predicted octanol–water partition coefficient (Wildman–Crippen LogP) is 4.12. The maximum Gasteiger partial charge on any atom is 0.183 e. The van der Waals surface area contributed by atoms with Gasteiger partial charge in [0.1, 0.15) is 0 Å². The lowest BCUT2D eigenvalue weighted by Crippen LogP contribution is -2.03. The van der Waals surface area contributed by atoms with Crippen molar-refractivity contribution in [2.45, 2.75) is 31.5 Å². The van der Waals surface area contributed by atoms with E-state index < -0.39 is 0 Å². The van der Waals surface area contributed by atoms with E-state index in [0.717, 1.165) is 11.5 Å². The van der Waals surface area contributed by atoms with Crippen molar-refractivity contribution in [1.82, 2.24) is 0 Å². The lowest BCUT2D eigenvalue weighted by Gasteiger charge is -2.14. The van der Waals surface area contributed by atoms with Gasteiger partial charge < -0.3 is 9.47 Å². The summed E-state index contributed by atoms with van der Waals surface area (Å²) in [5.74, 6) is 1.94. The number of hydrogen-bond acceptors (Lipinski definition) is 3. The van der Waals surface area contributed by atoms with Crippen molar-refractivity contribution in [2.75, 3.05) is 20.0 Å². The molecule has 96 valence electrons. The third-order valence-corrected chi connectivity index (χ3v) is 4.15. The van der Waals surface area contributed by atoms with E-state index in [4.69, 9.17) is 9.47 Å². The molecule has 0 aliphatic heterocycles. The molecule has 0 amide bonds. The van der Waals surface area contributed by atoms with E-state index >= 15 is 0 Å². The van der Waals surface area contributed by atoms with Crippen molar-refractivity contribution in [1.29, 1.82) is 0 Å². The Morgan fingerprint density at radius 2 is 1.71 bits per heavy atom. The first-order valence-corrected chi connectivity index (χ1v) is 6.98. The summed E-state index contributed by atoms with van der Waals surface area (Å²) in [6, 6.07) is 8.40. The molecular formula is C14H22O2S. The van der Waals surface area contributed by atoms with Crippen LogP contribution in [0.4, 0.5) is 0 Å². The lowest BCUT2D eigenvalue weighted by molar-refractivity contribution is -0.106. The molecule has 0 aliphatic rings. The van der Waals surface area contributed by atoms with Crippen LogP contribution in [0.5, 0.6) is 0 Å². The first kappa shape index (κ1) is 14.6. The molecule has 1 unspecified atom stereocenters. The molecule has 0 heterocycles. The van der Waals surface area contributed by atoms with Gasteiger partial charge in [0, 0.05) is 30.4 Å². The molecule has 0 aliphatic carbocycles. The Balaban J connectivity index is 2.55. The van der Waals surface area contributed by atoms with Gasteiger partial charge in [-0.3, -0.25) is 0 Å². The maximum absolute atomic E-state index is 5.21. The summed E-state index contributed by atoms with van der Waals surface area (Å²) in [5, 5.41) is 0. The zero-order valence-electron chi connectivity index (χ0n) is 11.1. The van der Waals surface area contributed by atoms with Crippen molar-refractivity contribution in [2.24, 2.45) is 5.92 Å². The quantitative estimate of drug-likeness (QED) is 0.539. The van der Waals surface area contributed by atoms with Crippen LogP contribution in [0.25, 0.3) is 0 Å². The first-order chi connectivity index (χ1) is 8.21. The van der Waals surface area contributed by atoms with Gasteiger partial charge in [0.05, 0.1) is 0 Å². The Hall–Kier alpha value is -0.510. The van der Waals surface area contributed by atoms with Gasteiger partial charge in [-0.15, -0.1) is 11.8 Å². The summed E-state index contributed by atoms with van der Waals surface area (Å²) >= 11 is 1.91. The molecule has 0 fully saturated rings. The number of thioether (sulfide) groups is 1. The van der Waals surface area contributed by atoms with Gasteiger partial charge in [-0.25, -0.2) is 0 Å². The fourth-order valence-corrected chi connectivity index (χ4v) is 2.49. The van der Waals surface area contributed by atoms with E-state index in [1.165, 1.54) is 17.1 Å². The summed E-state index contributed by atoms with van der Waals surface area (Å²) in [7, 11) is 3.31. The molecule has 0 bridgehead atoms. The van der Waals surface area contributed by atoms with Crippen molar-refractivity contribution in [3.8, 4) is 0 Å². The second-order valence-electron chi connectivity index (χ2n) is 4.20. The van der Waals surface area contributed by atoms with Crippen LogP contribution in [0, 0.1) is 5.92 Å². The minimum Gasteiger partial charge on any atom is -0.352 e. The Kier molecular flexibility index (Phi) is 6.63. The molecule has 0 spiro atoms. The SMILES string of the molecule is CCC(C)CSc1ccc(C(OC)OC)cc1. The number of hydrogen-bond donors (Lipinski definition) is 0. The molecular weight excluding hydrogens is 232 g/mol. The van der Waals surface area contributed by atoms with Crippen molar-refractivity contribution in [3.05, 3.63) is 29.8 Å². The third kappa shape index (κ3) is 4.70. The standard InChI is InChI=1S/C14H22O2S/c1-5-11(2)10-17-13-8-6-12(7-9-13)14(15-3)16-4/h6-9,11,14H,5,10H2,1-4H3. The van der Waals surface area contributed by atoms with E-state index in [2.05, 4.69) is 38.1 Å². The highest BCUT2D eigenvalue weighted by Gasteiger charge is 2.08. The van der Waals surface area contributed by atoms with Crippen molar-refractivity contribution < 1.29 is 9.47 Å². The average molecular weight is 254 g/mol. The van der Waals surface area contributed by atoms with E-state index in [1.807, 2.05) is 11.8 Å². The van der Waals surface area contributed by atoms with Gasteiger partial charge in [0.2, 0.25) is 0 Å². The topological polar surface area (TPSA) is 18.5 Å². The molecule has 0 aromatic heterocycles. The Bertz CT molecular complexity index is 307. The van der Waals surface area contributed by atoms with Crippen LogP contribution in [-0.4, -0.2) is 20.0 Å². The fourth-order valence-electron chi connectivity index (χ4n) is 1.45. The normalized spacial score (nSPS) is 13.0. The van der Waals surface area contributed by atoms with Crippen LogP contribution >= 0.6 is 11.8 Å². The average Bonchev–Trinajstić information content (AvgIpc) is 2.38. The van der Waals surface area contributed by atoms with E-state index in [-0.39, 0.29) is 6.29 Å². The number of methoxy groups -OCH3 is 2. The first-order valence-electron chi connectivity index (χ1n) is 5.99. The highest BCUT2D eigenvalue weighted by atomic mass is 32.2. The molecule has 0 N–H and O–H groups in total. The fraction of sp³-hybridized carbons (Fsp3) is 0.571. The van der Waals surface area contributed by atoms with Crippen molar-refractivity contribution >= 4 is 11.8 Å². The summed E-state index contributed by atoms with van der Waals surface area (Å²) in [4.78, 5) is 1.31. The predicted molar refractivity (Wildman–Crippen MR) is 73.4 cm³/mol. The second kappa shape index (κ2) is 7.75. The summed E-state index contributed by atoms with van der Waals surface area (Å²) in [6.45, 7) is 4.52. The van der Waals surface area contributed by atoms with Gasteiger partial charge in [0.25, 0.3) is 0 Å². The zero-order valence-corrected chi connectivity index (χ0v) is 11.9. The van der Waals surface area contributed by atoms with Crippen LogP contribution in [0.15, 0.2) is 29.2 Å². The molecule has 2 nitrogen and oxygen atoms in total. The number of benzene rings is 1. The van der Waals surface area contributed by atoms with Crippen LogP contribution in [0.1, 0.15) is 32.1 Å². The Morgan fingerprint density at radius 1 is 1.12 bits per heavy atom. The van der Waals surface area contributed by atoms with Gasteiger partial charge in [-0.05, 0) is 18.1 Å². The highest BCUT2D eigenvalue weighted by Crippen LogP contribution is 2.24. The van der Waals surface area contributed by atoms with Crippen LogP contribution in [0.2, 0.25) is 0 Å². The monoisotopic (exact) mass is 254 g/mol. The summed E-state index contributed by atoms with van der Waals surface area (Å²) < 4.78 is 10.4. The summed E-state index contributed by atoms with van der Waals surface area (Å²) in [5.41, 5.74) is 1.06. The van der Waals surface area contributed by atoms with Crippen molar-refractivity contribution in [3.63, 3.8) is 0 Å². The second-order valence-corrected chi connectivity index (χ2v) is 5.29. The van der Waals surface area contributed by atoms with Crippen LogP contribution in [-0.2, 0) is 9.47 Å². The molecule has 1 aromatic carbocycles. The molecule has 1 rings (SSSR count). The molecule has 17 heavy (non-hydrogen) atoms. The van der Waals surface area contributed by atoms with Gasteiger partial charge >= 0.3 is 0 Å². The molecule has 3 heteroatoms. The highest BCUT2D eigenvalue weighted by molar-refractivity contribution is 7.99. The van der Waals surface area contributed by atoms with Crippen LogP contribution in [0.3, 0.4) is 0 Å². The van der Waals surface area contributed by atoms with E-state index in [1.54, 1.807) is 14.2 Å². The summed E-state index contributed by atoms with van der Waals surface area (Å²) in [6.07, 6.45) is 0.976. The Labute approximate surface area is 109 Å². The van der Waals surface area contributed by atoms with Gasteiger partial charge in [0.15, 0.2) is 6.29 Å². The molecule has 0 saturated carbocycles.